The number of aryl methyl sites for hydroxylation is 4. The standard InChI is InChI=1S/C20H18N.C13H20O2.CH4.Ir/c1-13-9-14(2)11-17(10-13)20-18-8-4-6-15-5-3-7-16(12-21-20)19(15)18;14-12(10-5-1-2-6-10)9-13(15)11-7-3-4-8-11;;/h4,6,8-10,12H,3,5,7H2,1-2H3;9-11,14H,1-8H2;1H4;/q-1;;;. The minimum atomic E-state index is 0. The number of rotatable bonds is 4. The van der Waals surface area contributed by atoms with E-state index in [0.717, 1.165) is 43.4 Å². The van der Waals surface area contributed by atoms with E-state index in [1.165, 1.54) is 77.6 Å². The number of hydrogen-bond acceptors (Lipinski definition) is 3. The average Bonchev–Trinajstić information content (AvgIpc) is 3.59. The van der Waals surface area contributed by atoms with Crippen molar-refractivity contribution in [3.8, 4) is 11.3 Å². The van der Waals surface area contributed by atoms with E-state index in [9.17, 15) is 9.90 Å². The van der Waals surface area contributed by atoms with Crippen molar-refractivity contribution in [3.05, 3.63) is 76.7 Å². The Balaban J connectivity index is 0.000000211. The molecule has 0 atom stereocenters. The summed E-state index contributed by atoms with van der Waals surface area (Å²) in [5.74, 6) is 0.991. The molecule has 2 saturated carbocycles. The number of aliphatic hydroxyl groups excluding tert-OH is 1. The van der Waals surface area contributed by atoms with E-state index in [1.54, 1.807) is 0 Å². The third kappa shape index (κ3) is 6.82. The van der Waals surface area contributed by atoms with E-state index >= 15 is 0 Å². The molecule has 3 nitrogen and oxygen atoms in total. The molecule has 1 radical (unpaired) electrons. The Bertz CT molecular complexity index is 1250. The van der Waals surface area contributed by atoms with Crippen LogP contribution in [-0.2, 0) is 37.7 Å². The van der Waals surface area contributed by atoms with Gasteiger partial charge in [-0.1, -0.05) is 65.2 Å². The van der Waals surface area contributed by atoms with Crippen LogP contribution in [-0.4, -0.2) is 15.9 Å². The summed E-state index contributed by atoms with van der Waals surface area (Å²) in [6.07, 6.45) is 16.1. The Hall–Kier alpha value is -2.29. The van der Waals surface area contributed by atoms with Crippen LogP contribution in [0.4, 0.5) is 0 Å². The number of ketones is 1. The maximum absolute atomic E-state index is 11.8. The fourth-order valence-electron chi connectivity index (χ4n) is 6.37. The van der Waals surface area contributed by atoms with Crippen molar-refractivity contribution in [3.63, 3.8) is 0 Å². The van der Waals surface area contributed by atoms with E-state index in [0.29, 0.717) is 5.76 Å². The van der Waals surface area contributed by atoms with Crippen molar-refractivity contribution in [2.45, 2.75) is 91.9 Å². The molecule has 4 heteroatoms. The first-order valence-corrected chi connectivity index (χ1v) is 13.8. The summed E-state index contributed by atoms with van der Waals surface area (Å²) in [6.45, 7) is 4.23. The third-order valence-corrected chi connectivity index (χ3v) is 8.19. The molecule has 1 aromatic heterocycles. The van der Waals surface area contributed by atoms with Gasteiger partial charge in [-0.05, 0) is 72.5 Å². The minimum absolute atomic E-state index is 0. The molecule has 0 saturated heterocycles. The Labute approximate surface area is 242 Å². The molecule has 2 aromatic carbocycles. The van der Waals surface area contributed by atoms with E-state index in [4.69, 9.17) is 4.98 Å². The molecule has 1 heterocycles. The molecule has 3 aromatic rings. The zero-order valence-corrected chi connectivity index (χ0v) is 24.5. The topological polar surface area (TPSA) is 50.2 Å². The fraction of sp³-hybridized carbons (Fsp3) is 0.471. The molecule has 3 aliphatic carbocycles. The molecular formula is C34H42IrNO2-. The van der Waals surface area contributed by atoms with Crippen LogP contribution in [0.1, 0.15) is 87.5 Å². The first-order chi connectivity index (χ1) is 17.5. The first kappa shape index (κ1) is 30.3. The monoisotopic (exact) mass is 689 g/mol. The Morgan fingerprint density at radius 2 is 1.61 bits per heavy atom. The molecule has 0 amide bonds. The van der Waals surface area contributed by atoms with Gasteiger partial charge in [0.25, 0.3) is 0 Å². The summed E-state index contributed by atoms with van der Waals surface area (Å²) in [6, 6.07) is 14.5. The van der Waals surface area contributed by atoms with Gasteiger partial charge >= 0.3 is 0 Å². The summed E-state index contributed by atoms with van der Waals surface area (Å²) in [5.41, 5.74) is 7.50. The quantitative estimate of drug-likeness (QED) is 0.169. The second kappa shape index (κ2) is 13.7. The van der Waals surface area contributed by atoms with Crippen molar-refractivity contribution >= 4 is 16.6 Å². The third-order valence-electron chi connectivity index (χ3n) is 8.19. The van der Waals surface area contributed by atoms with Gasteiger partial charge in [0.15, 0.2) is 5.78 Å². The van der Waals surface area contributed by atoms with Crippen LogP contribution >= 0.6 is 0 Å². The SMILES string of the molecule is C.Cc1[c-]c(-c2ncc3c4c(cccc24)CCC3)cc(C)c1.O=C(C=C(O)C1CCCC1)C1CCCC1.[Ir]. The Kier molecular flexibility index (Phi) is 10.9. The minimum Gasteiger partial charge on any atom is -0.512 e. The predicted octanol–water partition coefficient (Wildman–Crippen LogP) is 8.82. The van der Waals surface area contributed by atoms with Gasteiger partial charge < -0.3 is 10.1 Å². The number of benzene rings is 2. The predicted molar refractivity (Wildman–Crippen MR) is 154 cm³/mol. The Morgan fingerprint density at radius 3 is 2.29 bits per heavy atom. The number of aliphatic hydroxyl groups is 1. The number of allylic oxidation sites excluding steroid dienone is 2. The average molecular weight is 689 g/mol. The molecule has 205 valence electrons. The van der Waals surface area contributed by atoms with Crippen LogP contribution in [0.15, 0.2) is 48.4 Å². The molecule has 2 fully saturated rings. The first-order valence-electron chi connectivity index (χ1n) is 13.8. The van der Waals surface area contributed by atoms with Crippen LogP contribution < -0.4 is 0 Å². The molecule has 0 aliphatic heterocycles. The van der Waals surface area contributed by atoms with Crippen LogP contribution in [0.5, 0.6) is 0 Å². The van der Waals surface area contributed by atoms with Gasteiger partial charge in [-0.2, -0.15) is 0 Å². The van der Waals surface area contributed by atoms with Crippen LogP contribution in [0.2, 0.25) is 0 Å². The number of nitrogens with zero attached hydrogens (tertiary/aromatic N) is 1. The van der Waals surface area contributed by atoms with Crippen molar-refractivity contribution in [1.29, 1.82) is 0 Å². The van der Waals surface area contributed by atoms with Crippen molar-refractivity contribution < 1.29 is 30.0 Å². The van der Waals surface area contributed by atoms with E-state index < -0.39 is 0 Å². The number of pyridine rings is 1. The zero-order chi connectivity index (χ0) is 25.1. The molecular weight excluding hydrogens is 647 g/mol. The fourth-order valence-corrected chi connectivity index (χ4v) is 6.37. The van der Waals surface area contributed by atoms with E-state index in [1.807, 2.05) is 0 Å². The zero-order valence-electron chi connectivity index (χ0n) is 22.1. The Morgan fingerprint density at radius 1 is 0.947 bits per heavy atom. The summed E-state index contributed by atoms with van der Waals surface area (Å²) in [5, 5.41) is 12.5. The molecule has 0 spiro atoms. The van der Waals surface area contributed by atoms with Crippen LogP contribution in [0, 0.1) is 31.7 Å². The number of aromatic nitrogens is 1. The van der Waals surface area contributed by atoms with Gasteiger partial charge in [-0.15, -0.1) is 34.9 Å². The smallest absolute Gasteiger partial charge is 0.162 e. The van der Waals surface area contributed by atoms with Gasteiger partial charge in [-0.25, -0.2) is 0 Å². The molecule has 0 unspecified atom stereocenters. The van der Waals surface area contributed by atoms with Crippen LogP contribution in [0.25, 0.3) is 22.0 Å². The van der Waals surface area contributed by atoms with Crippen molar-refractivity contribution in [2.24, 2.45) is 11.8 Å². The molecule has 38 heavy (non-hydrogen) atoms. The maximum atomic E-state index is 11.8. The van der Waals surface area contributed by atoms with Crippen molar-refractivity contribution in [2.75, 3.05) is 0 Å². The molecule has 6 rings (SSSR count). The van der Waals surface area contributed by atoms with Gasteiger partial charge in [0, 0.05) is 44.2 Å². The summed E-state index contributed by atoms with van der Waals surface area (Å²) in [7, 11) is 0. The van der Waals surface area contributed by atoms with Gasteiger partial charge in [0.2, 0.25) is 0 Å². The summed E-state index contributed by atoms with van der Waals surface area (Å²) >= 11 is 0. The van der Waals surface area contributed by atoms with E-state index in [2.05, 4.69) is 56.4 Å². The van der Waals surface area contributed by atoms with Crippen LogP contribution in [0.3, 0.4) is 0 Å². The second-order valence-corrected chi connectivity index (χ2v) is 11.0. The van der Waals surface area contributed by atoms with E-state index in [-0.39, 0.29) is 45.2 Å². The second-order valence-electron chi connectivity index (χ2n) is 11.0. The number of hydrogen-bond donors (Lipinski definition) is 1. The normalized spacial score (nSPS) is 17.4. The summed E-state index contributed by atoms with van der Waals surface area (Å²) in [4.78, 5) is 16.5. The van der Waals surface area contributed by atoms with Crippen molar-refractivity contribution in [1.82, 2.24) is 4.98 Å². The molecule has 1 N–H and O–H groups in total. The summed E-state index contributed by atoms with van der Waals surface area (Å²) < 4.78 is 0. The largest absolute Gasteiger partial charge is 0.512 e. The maximum Gasteiger partial charge on any atom is 0.162 e. The van der Waals surface area contributed by atoms with Gasteiger partial charge in [-0.3, -0.25) is 4.79 Å². The molecule has 3 aliphatic rings. The van der Waals surface area contributed by atoms with Gasteiger partial charge in [0.1, 0.15) is 0 Å². The number of carbonyl (C=O) groups is 1. The number of carbonyl (C=O) groups excluding carboxylic acids is 1. The van der Waals surface area contributed by atoms with Gasteiger partial charge in [0.05, 0.1) is 5.76 Å². The molecule has 0 bridgehead atoms.